The second kappa shape index (κ2) is 19.7. The van der Waals surface area contributed by atoms with Gasteiger partial charge in [0.1, 0.15) is 6.04 Å². The monoisotopic (exact) mass is 497 g/mol. The summed E-state index contributed by atoms with van der Waals surface area (Å²) in [5.41, 5.74) is -0.190. The summed E-state index contributed by atoms with van der Waals surface area (Å²) in [4.78, 5) is 24.2. The summed E-state index contributed by atoms with van der Waals surface area (Å²) in [6.45, 7) is 4.12. The molecule has 0 aliphatic rings. The average molecular weight is 498 g/mol. The van der Waals surface area contributed by atoms with E-state index in [-0.39, 0.29) is 10.6 Å². The third-order valence-electron chi connectivity index (χ3n) is 6.14. The number of esters is 1. The van der Waals surface area contributed by atoms with Gasteiger partial charge < -0.3 is 10.1 Å². The second-order valence-corrected chi connectivity index (χ2v) is 9.67. The highest BCUT2D eigenvalue weighted by molar-refractivity contribution is 6.31. The fraction of sp³-hybridized carbons (Fsp3) is 0.714. The number of benzene rings is 1. The van der Waals surface area contributed by atoms with E-state index in [0.29, 0.717) is 6.61 Å². The minimum Gasteiger partial charge on any atom is -0.464 e. The minimum atomic E-state index is -0.855. The molecule has 4 nitrogen and oxygen atoms in total. The van der Waals surface area contributed by atoms with Gasteiger partial charge in [-0.15, -0.1) is 0 Å². The first-order valence-corrected chi connectivity index (χ1v) is 13.8. The van der Waals surface area contributed by atoms with Crippen molar-refractivity contribution in [2.45, 2.75) is 123 Å². The molecule has 1 aromatic rings. The van der Waals surface area contributed by atoms with Gasteiger partial charge in [0, 0.05) is 0 Å². The Kier molecular flexibility index (Phi) is 17.6. The molecule has 0 saturated heterocycles. The van der Waals surface area contributed by atoms with Gasteiger partial charge in [-0.05, 0) is 25.5 Å². The molecular weight excluding hydrogens is 453 g/mol. The van der Waals surface area contributed by atoms with Crippen LogP contribution in [0.25, 0.3) is 0 Å². The molecule has 1 aromatic carbocycles. The van der Waals surface area contributed by atoms with Crippen molar-refractivity contribution in [2.24, 2.45) is 0 Å². The van der Waals surface area contributed by atoms with Crippen LogP contribution < -0.4 is 5.32 Å². The number of hydrogen-bond acceptors (Lipinski definition) is 3. The van der Waals surface area contributed by atoms with Crippen molar-refractivity contribution in [2.75, 3.05) is 6.61 Å². The van der Waals surface area contributed by atoms with Crippen LogP contribution in [-0.4, -0.2) is 24.5 Å². The van der Waals surface area contributed by atoms with Gasteiger partial charge in [-0.25, -0.2) is 9.18 Å². The van der Waals surface area contributed by atoms with Crippen LogP contribution in [0.3, 0.4) is 0 Å². The topological polar surface area (TPSA) is 55.4 Å². The maximum Gasteiger partial charge on any atom is 0.328 e. The summed E-state index contributed by atoms with van der Waals surface area (Å²) in [7, 11) is 0. The van der Waals surface area contributed by atoms with Crippen molar-refractivity contribution < 1.29 is 18.7 Å². The first-order valence-electron chi connectivity index (χ1n) is 13.4. The second-order valence-electron chi connectivity index (χ2n) is 9.27. The van der Waals surface area contributed by atoms with Gasteiger partial charge in [0.2, 0.25) is 0 Å². The zero-order chi connectivity index (χ0) is 25.0. The van der Waals surface area contributed by atoms with Crippen molar-refractivity contribution in [1.82, 2.24) is 5.32 Å². The lowest BCUT2D eigenvalue weighted by atomic mass is 10.0. The van der Waals surface area contributed by atoms with E-state index in [1.54, 1.807) is 0 Å². The molecule has 34 heavy (non-hydrogen) atoms. The summed E-state index contributed by atoms with van der Waals surface area (Å²) in [5.74, 6) is -2.00. The Morgan fingerprint density at radius 1 is 0.853 bits per heavy atom. The molecule has 1 unspecified atom stereocenters. The molecule has 1 amide bonds. The molecule has 6 heteroatoms. The van der Waals surface area contributed by atoms with E-state index in [0.717, 1.165) is 19.3 Å². The van der Waals surface area contributed by atoms with Crippen molar-refractivity contribution >= 4 is 23.5 Å². The van der Waals surface area contributed by atoms with Crippen LogP contribution in [-0.2, 0) is 9.53 Å². The maximum atomic E-state index is 13.9. The molecular formula is C28H45ClFNO3. The SMILES string of the molecule is CCCCCCCCCCCCCCCCCCOC(=O)C(C)NC(=O)c1cccc(Cl)c1F. The fourth-order valence-electron chi connectivity index (χ4n) is 3.96. The molecule has 0 spiro atoms. The number of nitrogens with one attached hydrogen (secondary N) is 1. The normalized spacial score (nSPS) is 11.9. The van der Waals surface area contributed by atoms with E-state index in [1.807, 2.05) is 0 Å². The van der Waals surface area contributed by atoms with E-state index < -0.39 is 23.7 Å². The highest BCUT2D eigenvalue weighted by atomic mass is 35.5. The van der Waals surface area contributed by atoms with E-state index in [4.69, 9.17) is 16.3 Å². The number of hydrogen-bond donors (Lipinski definition) is 1. The molecule has 0 saturated carbocycles. The van der Waals surface area contributed by atoms with E-state index in [9.17, 15) is 14.0 Å². The Balaban J connectivity index is 1.95. The summed E-state index contributed by atoms with van der Waals surface area (Å²) in [5, 5.41) is 2.33. The molecule has 0 heterocycles. The molecule has 0 radical (unpaired) electrons. The van der Waals surface area contributed by atoms with Crippen LogP contribution in [0, 0.1) is 5.82 Å². The van der Waals surface area contributed by atoms with Crippen molar-refractivity contribution in [1.29, 1.82) is 0 Å². The number of unbranched alkanes of at least 4 members (excludes halogenated alkanes) is 15. The lowest BCUT2D eigenvalue weighted by Crippen LogP contribution is -2.40. The van der Waals surface area contributed by atoms with Crippen LogP contribution in [0.5, 0.6) is 0 Å². The number of halogens is 2. The Bertz CT molecular complexity index is 698. The van der Waals surface area contributed by atoms with Gasteiger partial charge in [0.15, 0.2) is 5.82 Å². The van der Waals surface area contributed by atoms with Crippen molar-refractivity contribution in [3.05, 3.63) is 34.6 Å². The van der Waals surface area contributed by atoms with E-state index >= 15 is 0 Å². The smallest absolute Gasteiger partial charge is 0.328 e. The lowest BCUT2D eigenvalue weighted by molar-refractivity contribution is -0.145. The van der Waals surface area contributed by atoms with Crippen molar-refractivity contribution in [3.8, 4) is 0 Å². The zero-order valence-corrected chi connectivity index (χ0v) is 22.1. The van der Waals surface area contributed by atoms with E-state index in [2.05, 4.69) is 12.2 Å². The lowest BCUT2D eigenvalue weighted by Gasteiger charge is -2.14. The molecule has 0 bridgehead atoms. The third-order valence-corrected chi connectivity index (χ3v) is 6.43. The first-order chi connectivity index (χ1) is 16.5. The average Bonchev–Trinajstić information content (AvgIpc) is 2.82. The third kappa shape index (κ3) is 13.9. The highest BCUT2D eigenvalue weighted by Gasteiger charge is 2.20. The Labute approximate surface area is 211 Å². The minimum absolute atomic E-state index is 0.133. The quantitative estimate of drug-likeness (QED) is 0.145. The van der Waals surface area contributed by atoms with Gasteiger partial charge in [-0.1, -0.05) is 121 Å². The summed E-state index contributed by atoms with van der Waals surface area (Å²) < 4.78 is 19.2. The molecule has 0 aliphatic carbocycles. The number of carbonyl (C=O) groups excluding carboxylic acids is 2. The first kappa shape index (κ1) is 30.4. The Hall–Kier alpha value is -1.62. The summed E-state index contributed by atoms with van der Waals surface area (Å²) in [6, 6.07) is 3.32. The zero-order valence-electron chi connectivity index (χ0n) is 21.3. The predicted octanol–water partition coefficient (Wildman–Crippen LogP) is 8.40. The largest absolute Gasteiger partial charge is 0.464 e. The van der Waals surface area contributed by atoms with Crippen LogP contribution >= 0.6 is 11.6 Å². The van der Waals surface area contributed by atoms with Gasteiger partial charge in [0.05, 0.1) is 17.2 Å². The van der Waals surface area contributed by atoms with E-state index in [1.165, 1.54) is 109 Å². The van der Waals surface area contributed by atoms with Crippen LogP contribution in [0.15, 0.2) is 18.2 Å². The predicted molar refractivity (Wildman–Crippen MR) is 139 cm³/mol. The van der Waals surface area contributed by atoms with Crippen LogP contribution in [0.2, 0.25) is 5.02 Å². The maximum absolute atomic E-state index is 13.9. The Morgan fingerprint density at radius 2 is 1.32 bits per heavy atom. The van der Waals surface area contributed by atoms with Gasteiger partial charge in [-0.2, -0.15) is 0 Å². The van der Waals surface area contributed by atoms with Gasteiger partial charge >= 0.3 is 5.97 Å². The summed E-state index contributed by atoms with van der Waals surface area (Å²) >= 11 is 5.70. The van der Waals surface area contributed by atoms with Crippen molar-refractivity contribution in [3.63, 3.8) is 0 Å². The molecule has 1 rings (SSSR count). The van der Waals surface area contributed by atoms with Gasteiger partial charge in [-0.3, -0.25) is 4.79 Å². The molecule has 0 fully saturated rings. The Morgan fingerprint density at radius 3 is 1.82 bits per heavy atom. The molecule has 0 aromatic heterocycles. The number of carbonyl (C=O) groups is 2. The van der Waals surface area contributed by atoms with Crippen LogP contribution in [0.1, 0.15) is 127 Å². The molecule has 1 N–H and O–H groups in total. The number of amides is 1. The molecule has 194 valence electrons. The molecule has 1 atom stereocenters. The summed E-state index contributed by atoms with van der Waals surface area (Å²) in [6.07, 6.45) is 20.6. The van der Waals surface area contributed by atoms with Crippen LogP contribution in [0.4, 0.5) is 4.39 Å². The number of ether oxygens (including phenoxy) is 1. The standard InChI is InChI=1S/C28H45ClFNO3/c1-3-4-5-6-7-8-9-10-11-12-13-14-15-16-17-18-22-34-28(33)23(2)31-27(32)24-20-19-21-25(29)26(24)30/h19-21,23H,3-18,22H2,1-2H3,(H,31,32). The fourth-order valence-corrected chi connectivity index (χ4v) is 4.13. The highest BCUT2D eigenvalue weighted by Crippen LogP contribution is 2.18. The van der Waals surface area contributed by atoms with Gasteiger partial charge in [0.25, 0.3) is 5.91 Å². The molecule has 0 aliphatic heterocycles. The number of rotatable bonds is 20.